The maximum absolute atomic E-state index is 13.1. The van der Waals surface area contributed by atoms with Gasteiger partial charge in [-0.05, 0) is 36.5 Å². The lowest BCUT2D eigenvalue weighted by Crippen LogP contribution is -2.35. The molecule has 1 aromatic carbocycles. The minimum Gasteiger partial charge on any atom is -0.336 e. The van der Waals surface area contributed by atoms with E-state index in [0.717, 1.165) is 36.9 Å². The normalized spacial score (nSPS) is 15.7. The zero-order valence-electron chi connectivity index (χ0n) is 17.0. The molecular weight excluding hydrogens is 362 g/mol. The predicted molar refractivity (Wildman–Crippen MR) is 112 cm³/mol. The lowest BCUT2D eigenvalue weighted by Gasteiger charge is -2.25. The summed E-state index contributed by atoms with van der Waals surface area (Å²) in [6.45, 7) is 1.36. The van der Waals surface area contributed by atoms with E-state index in [9.17, 15) is 4.79 Å². The molecule has 0 bridgehead atoms. The average Bonchev–Trinajstić information content (AvgIpc) is 3.09. The first-order chi connectivity index (χ1) is 14.1. The van der Waals surface area contributed by atoms with Gasteiger partial charge in [0.2, 0.25) is 0 Å². The Hall–Kier alpha value is -2.99. The molecule has 150 valence electrons. The number of benzene rings is 1. The number of amides is 1. The summed E-state index contributed by atoms with van der Waals surface area (Å²) < 4.78 is 1.89. The summed E-state index contributed by atoms with van der Waals surface area (Å²) in [6.07, 6.45) is 6.47. The van der Waals surface area contributed by atoms with Gasteiger partial charge in [-0.2, -0.15) is 5.10 Å². The van der Waals surface area contributed by atoms with Crippen LogP contribution in [0.4, 0.5) is 0 Å². The van der Waals surface area contributed by atoms with Crippen LogP contribution in [0.3, 0.4) is 0 Å². The van der Waals surface area contributed by atoms with Crippen LogP contribution in [0, 0.1) is 0 Å². The molecule has 0 saturated heterocycles. The Balaban J connectivity index is 1.46. The van der Waals surface area contributed by atoms with Crippen LogP contribution >= 0.6 is 0 Å². The van der Waals surface area contributed by atoms with Gasteiger partial charge in [-0.25, -0.2) is 0 Å². The first kappa shape index (κ1) is 19.3. The van der Waals surface area contributed by atoms with Gasteiger partial charge < -0.3 is 10.2 Å². The van der Waals surface area contributed by atoms with E-state index >= 15 is 0 Å². The van der Waals surface area contributed by atoms with Crippen LogP contribution in [0.15, 0.2) is 54.9 Å². The average molecular weight is 390 g/mol. The summed E-state index contributed by atoms with van der Waals surface area (Å²) in [5, 5.41) is 8.22. The van der Waals surface area contributed by atoms with Crippen molar-refractivity contribution in [3.63, 3.8) is 0 Å². The molecule has 1 amide bonds. The summed E-state index contributed by atoms with van der Waals surface area (Å²) >= 11 is 0. The van der Waals surface area contributed by atoms with Crippen molar-refractivity contribution in [1.82, 2.24) is 25.0 Å². The molecule has 29 heavy (non-hydrogen) atoms. The molecule has 1 atom stereocenters. The number of carbonyl (C=O) groups excluding carboxylic acids is 1. The number of aromatic nitrogens is 3. The first-order valence-corrected chi connectivity index (χ1v) is 10.1. The third-order valence-electron chi connectivity index (χ3n) is 5.58. The molecule has 6 heteroatoms. The standard InChI is InChI=1S/C23H27N5O/c1-27(16-17-7-4-3-5-8-17)23(29)22-20-13-19(10-11-21(20)28(2)26-22)25-15-18-9-6-12-24-14-18/h3-9,12,14,19,25H,10-11,13,15-16H2,1-2H3. The van der Waals surface area contributed by atoms with E-state index in [0.29, 0.717) is 18.3 Å². The van der Waals surface area contributed by atoms with Crippen LogP contribution < -0.4 is 5.32 Å². The Morgan fingerprint density at radius 2 is 2.00 bits per heavy atom. The van der Waals surface area contributed by atoms with E-state index in [2.05, 4.69) is 21.5 Å². The van der Waals surface area contributed by atoms with E-state index in [1.807, 2.05) is 61.4 Å². The van der Waals surface area contributed by atoms with Crippen molar-refractivity contribution in [1.29, 1.82) is 0 Å². The molecule has 0 spiro atoms. The number of aryl methyl sites for hydroxylation is 1. The van der Waals surface area contributed by atoms with Crippen LogP contribution in [-0.2, 0) is 33.0 Å². The molecule has 1 N–H and O–H groups in total. The van der Waals surface area contributed by atoms with E-state index in [1.54, 1.807) is 11.1 Å². The fourth-order valence-electron chi connectivity index (χ4n) is 4.01. The summed E-state index contributed by atoms with van der Waals surface area (Å²) in [7, 11) is 3.79. The Kier molecular flexibility index (Phi) is 5.71. The number of fused-ring (bicyclic) bond motifs is 1. The molecule has 0 saturated carbocycles. The third-order valence-corrected chi connectivity index (χ3v) is 5.58. The Labute approximate surface area is 171 Å². The summed E-state index contributed by atoms with van der Waals surface area (Å²) in [5.74, 6) is -0.0152. The number of pyridine rings is 1. The Bertz CT molecular complexity index is 968. The van der Waals surface area contributed by atoms with E-state index < -0.39 is 0 Å². The minimum absolute atomic E-state index is 0.0152. The SMILES string of the molecule is CN(Cc1ccccc1)C(=O)c1nn(C)c2c1CC(NCc1cccnc1)CC2. The zero-order valence-corrected chi connectivity index (χ0v) is 17.0. The van der Waals surface area contributed by atoms with E-state index in [4.69, 9.17) is 0 Å². The zero-order chi connectivity index (χ0) is 20.2. The highest BCUT2D eigenvalue weighted by Gasteiger charge is 2.29. The topological polar surface area (TPSA) is 63.1 Å². The molecule has 0 aliphatic heterocycles. The maximum atomic E-state index is 13.1. The monoisotopic (exact) mass is 389 g/mol. The van der Waals surface area contributed by atoms with Crippen LogP contribution in [0.2, 0.25) is 0 Å². The number of nitrogens with zero attached hydrogens (tertiary/aromatic N) is 4. The number of carbonyl (C=O) groups is 1. The Morgan fingerprint density at radius 1 is 1.21 bits per heavy atom. The summed E-state index contributed by atoms with van der Waals surface area (Å²) in [6, 6.07) is 14.4. The van der Waals surface area contributed by atoms with Crippen LogP contribution in [0.1, 0.15) is 39.3 Å². The second-order valence-corrected chi connectivity index (χ2v) is 7.73. The fourth-order valence-corrected chi connectivity index (χ4v) is 4.01. The predicted octanol–water partition coefficient (Wildman–Crippen LogP) is 2.73. The minimum atomic E-state index is -0.0152. The van der Waals surface area contributed by atoms with Crippen LogP contribution in [0.5, 0.6) is 0 Å². The van der Waals surface area contributed by atoms with Gasteiger partial charge in [-0.15, -0.1) is 0 Å². The first-order valence-electron chi connectivity index (χ1n) is 10.1. The largest absolute Gasteiger partial charge is 0.336 e. The molecule has 1 unspecified atom stereocenters. The van der Waals surface area contributed by atoms with Crippen molar-refractivity contribution in [2.45, 2.75) is 38.4 Å². The highest BCUT2D eigenvalue weighted by molar-refractivity contribution is 5.94. The summed E-state index contributed by atoms with van der Waals surface area (Å²) in [5.41, 5.74) is 5.15. The van der Waals surface area contributed by atoms with E-state index in [-0.39, 0.29) is 5.91 Å². The summed E-state index contributed by atoms with van der Waals surface area (Å²) in [4.78, 5) is 19.1. The molecule has 6 nitrogen and oxygen atoms in total. The van der Waals surface area contributed by atoms with Crippen LogP contribution in [-0.4, -0.2) is 38.7 Å². The van der Waals surface area contributed by atoms with Crippen molar-refractivity contribution in [3.05, 3.63) is 82.9 Å². The van der Waals surface area contributed by atoms with Crippen LogP contribution in [0.25, 0.3) is 0 Å². The van der Waals surface area contributed by atoms with Crippen molar-refractivity contribution in [2.24, 2.45) is 7.05 Å². The smallest absolute Gasteiger partial charge is 0.274 e. The number of rotatable bonds is 6. The molecular formula is C23H27N5O. The van der Waals surface area contributed by atoms with Crippen molar-refractivity contribution < 1.29 is 4.79 Å². The third kappa shape index (κ3) is 4.38. The lowest BCUT2D eigenvalue weighted by molar-refractivity contribution is 0.0777. The Morgan fingerprint density at radius 3 is 2.76 bits per heavy atom. The van der Waals surface area contributed by atoms with Crippen molar-refractivity contribution in [2.75, 3.05) is 7.05 Å². The van der Waals surface area contributed by atoms with Crippen molar-refractivity contribution in [3.8, 4) is 0 Å². The van der Waals surface area contributed by atoms with Gasteiger partial charge in [0.1, 0.15) is 0 Å². The van der Waals surface area contributed by atoms with E-state index in [1.165, 1.54) is 11.3 Å². The molecule has 1 aliphatic carbocycles. The molecule has 3 aromatic rings. The second-order valence-electron chi connectivity index (χ2n) is 7.73. The van der Waals surface area contributed by atoms with Crippen molar-refractivity contribution >= 4 is 5.91 Å². The van der Waals surface area contributed by atoms with Gasteiger partial charge in [0.25, 0.3) is 5.91 Å². The van der Waals surface area contributed by atoms with Gasteiger partial charge >= 0.3 is 0 Å². The second kappa shape index (κ2) is 8.57. The fraction of sp³-hybridized carbons (Fsp3) is 0.348. The lowest BCUT2D eigenvalue weighted by atomic mass is 9.91. The highest BCUT2D eigenvalue weighted by atomic mass is 16.2. The molecule has 2 aromatic heterocycles. The molecule has 2 heterocycles. The number of nitrogens with one attached hydrogen (secondary N) is 1. The van der Waals surface area contributed by atoms with Gasteiger partial charge in [0.05, 0.1) is 0 Å². The van der Waals surface area contributed by atoms with Gasteiger partial charge in [-0.1, -0.05) is 36.4 Å². The molecule has 1 aliphatic rings. The maximum Gasteiger partial charge on any atom is 0.274 e. The highest BCUT2D eigenvalue weighted by Crippen LogP contribution is 2.25. The number of hydrogen-bond acceptors (Lipinski definition) is 4. The van der Waals surface area contributed by atoms with Gasteiger partial charge in [0, 0.05) is 56.9 Å². The van der Waals surface area contributed by atoms with Gasteiger partial charge in [-0.3, -0.25) is 14.5 Å². The molecule has 0 radical (unpaired) electrons. The molecule has 4 rings (SSSR count). The van der Waals surface area contributed by atoms with Gasteiger partial charge in [0.15, 0.2) is 5.69 Å². The molecule has 0 fully saturated rings. The quantitative estimate of drug-likeness (QED) is 0.704. The number of hydrogen-bond donors (Lipinski definition) is 1.